The first kappa shape index (κ1) is 41.3. The Morgan fingerprint density at radius 3 is 1.58 bits per heavy atom. The fraction of sp³-hybridized carbons (Fsp3) is 0.208. The Kier molecular flexibility index (Phi) is 13.6. The molecule has 0 fully saturated rings. The summed E-state index contributed by atoms with van der Waals surface area (Å²) in [6, 6.07) is 33.8. The number of thiocarbonyl (C=S) groups is 1. The molecular formula is C48H49BrN4S2. The second kappa shape index (κ2) is 18.1. The summed E-state index contributed by atoms with van der Waals surface area (Å²) in [6.07, 6.45) is 0. The Bertz CT molecular complexity index is 2470. The van der Waals surface area contributed by atoms with E-state index in [0.717, 1.165) is 48.9 Å². The molecule has 0 atom stereocenters. The third kappa shape index (κ3) is 9.67. The molecule has 0 saturated heterocycles. The summed E-state index contributed by atoms with van der Waals surface area (Å²) in [5.41, 5.74) is 27.0. The molecule has 7 rings (SSSR count). The predicted octanol–water partition coefficient (Wildman–Crippen LogP) is 14.9. The van der Waals surface area contributed by atoms with Crippen LogP contribution in [0.4, 0.5) is 22.2 Å². The van der Waals surface area contributed by atoms with Gasteiger partial charge in [-0.1, -0.05) is 107 Å². The number of nitrogens with two attached hydrogens (primary N) is 1. The second-order valence-electron chi connectivity index (χ2n) is 14.3. The van der Waals surface area contributed by atoms with Crippen LogP contribution in [0.15, 0.2) is 107 Å². The number of nitrogen functional groups attached to an aromatic ring is 1. The topological polar surface area (TPSA) is 63.3 Å². The number of hydrogen-bond donors (Lipinski definition) is 2. The highest BCUT2D eigenvalue weighted by molar-refractivity contribution is 9.10. The van der Waals surface area contributed by atoms with E-state index in [0.29, 0.717) is 0 Å². The minimum Gasteiger partial charge on any atom is -0.398 e. The summed E-state index contributed by atoms with van der Waals surface area (Å²) < 4.78 is 2.14. The Balaban J connectivity index is 0.000000179. The van der Waals surface area contributed by atoms with Crippen LogP contribution in [0, 0.1) is 69.2 Å². The van der Waals surface area contributed by atoms with Crippen LogP contribution in [0.3, 0.4) is 0 Å². The summed E-state index contributed by atoms with van der Waals surface area (Å²) >= 11 is 9.99. The maximum absolute atomic E-state index is 5.68. The van der Waals surface area contributed by atoms with Crippen molar-refractivity contribution in [2.45, 2.75) is 69.2 Å². The van der Waals surface area contributed by atoms with Gasteiger partial charge in [0.25, 0.3) is 0 Å². The molecule has 0 unspecified atom stereocenters. The number of para-hydroxylation sites is 4. The van der Waals surface area contributed by atoms with Crippen molar-refractivity contribution in [2.24, 2.45) is 4.99 Å². The lowest BCUT2D eigenvalue weighted by atomic mass is 9.93. The standard InChI is InChI=1S/C24H24N2S.C16H14BrNS.C8H11N/c1-14-12-17(4)21(18(5)13-14)19-10-7-11-20-23(19)26-24(27-20)25-22-15(2)8-6-9-16(22)3;1-10-7-11(2)15(12(3)8-10)13-5-4-6-14(17)16(13)18-9-19;1-6-4-3-5-7(2)8(6)9/h6-13H,1-5H3,(H,25,26);4-8H,1-3H3;3-5H,9H2,1-2H3. The van der Waals surface area contributed by atoms with Gasteiger partial charge in [-0.2, -0.15) is 4.99 Å². The zero-order valence-corrected chi connectivity index (χ0v) is 36.6. The monoisotopic (exact) mass is 824 g/mol. The number of aliphatic imine (C=N–C) groups is 1. The van der Waals surface area contributed by atoms with E-state index in [1.165, 1.54) is 65.9 Å². The molecule has 7 heteroatoms. The number of aryl methyl sites for hydroxylation is 10. The van der Waals surface area contributed by atoms with Crippen LogP contribution in [-0.2, 0) is 0 Å². The molecule has 0 saturated carbocycles. The lowest BCUT2D eigenvalue weighted by molar-refractivity contribution is 1.31. The molecule has 1 heterocycles. The molecule has 3 N–H and O–H groups in total. The van der Waals surface area contributed by atoms with Crippen molar-refractivity contribution in [1.29, 1.82) is 0 Å². The number of isothiocyanates is 1. The Hall–Kier alpha value is -4.91. The summed E-state index contributed by atoms with van der Waals surface area (Å²) in [7, 11) is 0. The molecule has 0 bridgehead atoms. The molecule has 0 radical (unpaired) electrons. The van der Waals surface area contributed by atoms with Crippen LogP contribution in [0.5, 0.6) is 0 Å². The van der Waals surface area contributed by atoms with E-state index in [1.807, 2.05) is 44.2 Å². The SMILES string of the molecule is Cc1cc(C)c(-c2cccc(Br)c2N=C=S)c(C)c1.Cc1cc(C)c(-c2cccc3sc(Nc4c(C)cccc4C)nc23)c(C)c1.Cc1cccc(C)c1N. The zero-order chi connectivity index (χ0) is 40.0. The van der Waals surface area contributed by atoms with Gasteiger partial charge >= 0.3 is 0 Å². The maximum Gasteiger partial charge on any atom is 0.188 e. The van der Waals surface area contributed by atoms with Gasteiger partial charge in [0.05, 0.1) is 21.1 Å². The van der Waals surface area contributed by atoms with Crippen molar-refractivity contribution in [3.8, 4) is 22.3 Å². The average Bonchev–Trinajstić information content (AvgIpc) is 3.54. The quantitative estimate of drug-likeness (QED) is 0.103. The van der Waals surface area contributed by atoms with Crippen LogP contribution < -0.4 is 11.1 Å². The third-order valence-electron chi connectivity index (χ3n) is 9.71. The van der Waals surface area contributed by atoms with Crippen LogP contribution in [-0.4, -0.2) is 10.1 Å². The molecule has 55 heavy (non-hydrogen) atoms. The van der Waals surface area contributed by atoms with Gasteiger partial charge in [-0.25, -0.2) is 4.98 Å². The third-order valence-corrected chi connectivity index (χ3v) is 11.4. The predicted molar refractivity (Wildman–Crippen MR) is 247 cm³/mol. The van der Waals surface area contributed by atoms with Gasteiger partial charge in [0.2, 0.25) is 0 Å². The van der Waals surface area contributed by atoms with Gasteiger partial charge in [0.15, 0.2) is 5.13 Å². The van der Waals surface area contributed by atoms with E-state index in [2.05, 4.69) is 154 Å². The number of nitrogens with zero attached hydrogens (tertiary/aromatic N) is 2. The normalized spacial score (nSPS) is 10.5. The van der Waals surface area contributed by atoms with E-state index >= 15 is 0 Å². The summed E-state index contributed by atoms with van der Waals surface area (Å²) in [5.74, 6) is 0. The molecule has 0 aliphatic carbocycles. The molecule has 0 aliphatic rings. The van der Waals surface area contributed by atoms with Crippen molar-refractivity contribution in [3.63, 3.8) is 0 Å². The first-order valence-corrected chi connectivity index (χ1v) is 20.3. The molecule has 6 aromatic carbocycles. The smallest absolute Gasteiger partial charge is 0.188 e. The molecule has 0 amide bonds. The lowest BCUT2D eigenvalue weighted by Crippen LogP contribution is -1.95. The van der Waals surface area contributed by atoms with Gasteiger partial charge in [-0.3, -0.25) is 0 Å². The number of halogens is 1. The Labute approximate surface area is 344 Å². The summed E-state index contributed by atoms with van der Waals surface area (Å²) in [5, 5.41) is 6.96. The number of aromatic nitrogens is 1. The van der Waals surface area contributed by atoms with Crippen molar-refractivity contribution in [3.05, 3.63) is 157 Å². The highest BCUT2D eigenvalue weighted by atomic mass is 79.9. The van der Waals surface area contributed by atoms with Gasteiger partial charge in [0.1, 0.15) is 0 Å². The highest BCUT2D eigenvalue weighted by Gasteiger charge is 2.15. The summed E-state index contributed by atoms with van der Waals surface area (Å²) in [4.78, 5) is 9.18. The number of nitrogens with one attached hydrogen (secondary N) is 1. The first-order chi connectivity index (χ1) is 26.2. The molecular weight excluding hydrogens is 777 g/mol. The summed E-state index contributed by atoms with van der Waals surface area (Å²) in [6.45, 7) is 21.2. The first-order valence-electron chi connectivity index (χ1n) is 18.3. The van der Waals surface area contributed by atoms with E-state index in [9.17, 15) is 0 Å². The zero-order valence-electron chi connectivity index (χ0n) is 33.4. The Morgan fingerprint density at radius 2 is 1.07 bits per heavy atom. The number of hydrogen-bond acceptors (Lipinski definition) is 6. The van der Waals surface area contributed by atoms with Crippen molar-refractivity contribution >= 4 is 77.1 Å². The number of fused-ring (bicyclic) bond motifs is 1. The molecule has 0 aliphatic heterocycles. The fourth-order valence-corrected chi connectivity index (χ4v) is 8.68. The van der Waals surface area contributed by atoms with Gasteiger partial charge in [-0.05, 0) is 165 Å². The van der Waals surface area contributed by atoms with E-state index in [-0.39, 0.29) is 0 Å². The van der Waals surface area contributed by atoms with Gasteiger partial charge in [-0.15, -0.1) is 0 Å². The largest absolute Gasteiger partial charge is 0.398 e. The minimum atomic E-state index is 0.840. The average molecular weight is 826 g/mol. The molecule has 7 aromatic rings. The van der Waals surface area contributed by atoms with E-state index in [1.54, 1.807) is 11.3 Å². The van der Waals surface area contributed by atoms with Crippen molar-refractivity contribution in [2.75, 3.05) is 11.1 Å². The number of benzene rings is 6. The van der Waals surface area contributed by atoms with E-state index in [4.69, 9.17) is 22.9 Å². The second-order valence-corrected chi connectivity index (χ2v) is 16.3. The number of rotatable bonds is 5. The van der Waals surface area contributed by atoms with Crippen LogP contribution in [0.25, 0.3) is 32.5 Å². The van der Waals surface area contributed by atoms with Crippen LogP contribution in [0.1, 0.15) is 55.6 Å². The molecule has 4 nitrogen and oxygen atoms in total. The minimum absolute atomic E-state index is 0.840. The van der Waals surface area contributed by atoms with Gasteiger partial charge in [0, 0.05) is 27.0 Å². The van der Waals surface area contributed by atoms with E-state index < -0.39 is 0 Å². The molecule has 0 spiro atoms. The number of thiazole rings is 1. The Morgan fingerprint density at radius 1 is 0.618 bits per heavy atom. The van der Waals surface area contributed by atoms with Crippen molar-refractivity contribution in [1.82, 2.24) is 4.98 Å². The van der Waals surface area contributed by atoms with Gasteiger partial charge < -0.3 is 11.1 Å². The van der Waals surface area contributed by atoms with Crippen molar-refractivity contribution < 1.29 is 0 Å². The van der Waals surface area contributed by atoms with Crippen LogP contribution in [0.2, 0.25) is 0 Å². The number of anilines is 3. The molecule has 1 aromatic heterocycles. The lowest BCUT2D eigenvalue weighted by Gasteiger charge is -2.14. The van der Waals surface area contributed by atoms with Crippen LogP contribution >= 0.6 is 39.5 Å². The maximum atomic E-state index is 5.68. The molecule has 280 valence electrons. The highest BCUT2D eigenvalue weighted by Crippen LogP contribution is 2.40. The fourth-order valence-electron chi connectivity index (χ4n) is 7.24.